The van der Waals surface area contributed by atoms with Crippen molar-refractivity contribution in [2.45, 2.75) is 31.6 Å². The summed E-state index contributed by atoms with van der Waals surface area (Å²) in [6.45, 7) is 0. The van der Waals surface area contributed by atoms with Gasteiger partial charge in [0, 0.05) is 0 Å². The van der Waals surface area contributed by atoms with Crippen molar-refractivity contribution < 1.29 is 9.13 Å². The van der Waals surface area contributed by atoms with Gasteiger partial charge in [0.1, 0.15) is 0 Å². The Labute approximate surface area is 132 Å². The number of hydrogen-bond donors (Lipinski definition) is 0. The van der Waals surface area contributed by atoms with Crippen molar-refractivity contribution in [1.29, 1.82) is 0 Å². The Bertz CT molecular complexity index is 639. The SMILES string of the molecule is COc1c(C2CCCC2)ccc(-c2cnc([As])cn2)c1F. The zero-order valence-electron chi connectivity index (χ0n) is 11.8. The molecule has 0 N–H and O–H groups in total. The van der Waals surface area contributed by atoms with E-state index in [1.165, 1.54) is 20.0 Å². The van der Waals surface area contributed by atoms with E-state index in [-0.39, 0.29) is 5.82 Å². The van der Waals surface area contributed by atoms with Crippen LogP contribution in [0, 0.1) is 5.82 Å². The summed E-state index contributed by atoms with van der Waals surface area (Å²) >= 11 is 2.31. The number of methoxy groups -OCH3 is 1. The Kier molecular flexibility index (Phi) is 4.25. The normalized spacial score (nSPS) is 15.4. The van der Waals surface area contributed by atoms with Crippen LogP contribution in [0.2, 0.25) is 0 Å². The van der Waals surface area contributed by atoms with Gasteiger partial charge in [-0.25, -0.2) is 0 Å². The molecule has 1 fully saturated rings. The van der Waals surface area contributed by atoms with Crippen LogP contribution in [0.1, 0.15) is 37.2 Å². The summed E-state index contributed by atoms with van der Waals surface area (Å²) in [4.78, 5) is 8.39. The van der Waals surface area contributed by atoms with E-state index in [1.54, 1.807) is 18.5 Å². The summed E-state index contributed by atoms with van der Waals surface area (Å²) in [5.74, 6) is 0.428. The maximum absolute atomic E-state index is 14.8. The third-order valence-electron chi connectivity index (χ3n) is 4.04. The number of halogens is 1. The monoisotopic (exact) mass is 346 g/mol. The average Bonchev–Trinajstić information content (AvgIpc) is 3.02. The predicted molar refractivity (Wildman–Crippen MR) is 80.6 cm³/mol. The molecule has 0 aliphatic heterocycles. The van der Waals surface area contributed by atoms with Gasteiger partial charge in [0.15, 0.2) is 0 Å². The fourth-order valence-electron chi connectivity index (χ4n) is 2.99. The van der Waals surface area contributed by atoms with Crippen molar-refractivity contribution in [3.8, 4) is 17.0 Å². The van der Waals surface area contributed by atoms with Crippen molar-refractivity contribution in [2.75, 3.05) is 7.11 Å². The van der Waals surface area contributed by atoms with Crippen molar-refractivity contribution in [3.63, 3.8) is 0 Å². The molecular weight excluding hydrogens is 330 g/mol. The molecule has 2 radical (unpaired) electrons. The van der Waals surface area contributed by atoms with E-state index >= 15 is 0 Å². The molecule has 1 aliphatic rings. The number of aromatic nitrogens is 2. The summed E-state index contributed by atoms with van der Waals surface area (Å²) in [6.07, 6.45) is 7.83. The minimum atomic E-state index is -0.338. The van der Waals surface area contributed by atoms with Crippen molar-refractivity contribution in [2.24, 2.45) is 0 Å². The van der Waals surface area contributed by atoms with Gasteiger partial charge in [-0.2, -0.15) is 0 Å². The Balaban J connectivity index is 2.05. The van der Waals surface area contributed by atoms with Crippen LogP contribution in [0.25, 0.3) is 11.3 Å². The number of benzene rings is 1. The summed E-state index contributed by atoms with van der Waals surface area (Å²) in [7, 11) is 1.53. The van der Waals surface area contributed by atoms with Crippen LogP contribution in [-0.2, 0) is 0 Å². The quantitative estimate of drug-likeness (QED) is 0.802. The van der Waals surface area contributed by atoms with Gasteiger partial charge < -0.3 is 0 Å². The van der Waals surface area contributed by atoms with Gasteiger partial charge in [0.25, 0.3) is 0 Å². The summed E-state index contributed by atoms with van der Waals surface area (Å²) < 4.78 is 20.9. The molecule has 3 nitrogen and oxygen atoms in total. The van der Waals surface area contributed by atoms with Crippen LogP contribution in [0.4, 0.5) is 4.39 Å². The molecule has 5 heteroatoms. The first-order chi connectivity index (χ1) is 10.2. The fraction of sp³-hybridized carbons (Fsp3) is 0.375. The van der Waals surface area contributed by atoms with Gasteiger partial charge in [-0.1, -0.05) is 0 Å². The molecule has 0 unspecified atom stereocenters. The van der Waals surface area contributed by atoms with E-state index in [1.807, 2.05) is 6.07 Å². The average molecular weight is 346 g/mol. The fourth-order valence-corrected chi connectivity index (χ4v) is 3.24. The molecule has 21 heavy (non-hydrogen) atoms. The molecule has 1 heterocycles. The van der Waals surface area contributed by atoms with Crippen LogP contribution < -0.4 is 9.22 Å². The Morgan fingerprint density at radius 3 is 2.57 bits per heavy atom. The van der Waals surface area contributed by atoms with Crippen molar-refractivity contribution in [1.82, 2.24) is 9.97 Å². The minimum absolute atomic E-state index is 0.338. The van der Waals surface area contributed by atoms with Crippen LogP contribution in [-0.4, -0.2) is 33.9 Å². The molecule has 0 spiro atoms. The third kappa shape index (κ3) is 2.82. The Morgan fingerprint density at radius 2 is 1.95 bits per heavy atom. The van der Waals surface area contributed by atoms with Gasteiger partial charge in [-0.3, -0.25) is 0 Å². The zero-order valence-corrected chi connectivity index (χ0v) is 13.7. The molecule has 1 aromatic heterocycles. The van der Waals surface area contributed by atoms with E-state index in [0.29, 0.717) is 22.9 Å². The standard InChI is InChI=1S/C16H16AsFN2O/c1-21-16-11(10-4-2-3-5-10)6-7-12(15(16)18)13-8-20-14(17)9-19-13/h6-10H,2-5H2,1H3. The third-order valence-corrected chi connectivity index (χ3v) is 4.53. The first-order valence-corrected chi connectivity index (χ1v) is 8.02. The van der Waals surface area contributed by atoms with Gasteiger partial charge in [0.05, 0.1) is 0 Å². The molecule has 1 saturated carbocycles. The van der Waals surface area contributed by atoms with E-state index in [0.717, 1.165) is 22.9 Å². The molecular formula is C16H16AsFN2O. The Morgan fingerprint density at radius 1 is 1.19 bits per heavy atom. The summed E-state index contributed by atoms with van der Waals surface area (Å²) in [5.41, 5.74) is 1.94. The van der Waals surface area contributed by atoms with Gasteiger partial charge in [-0.15, -0.1) is 0 Å². The molecule has 0 saturated heterocycles. The zero-order chi connectivity index (χ0) is 14.8. The Hall–Kier alpha value is -1.41. The molecule has 0 bridgehead atoms. The first-order valence-electron chi connectivity index (χ1n) is 7.08. The van der Waals surface area contributed by atoms with E-state index in [2.05, 4.69) is 26.8 Å². The molecule has 108 valence electrons. The number of rotatable bonds is 3. The molecule has 0 atom stereocenters. The number of hydrogen-bond acceptors (Lipinski definition) is 3. The second-order valence-electron chi connectivity index (χ2n) is 5.29. The van der Waals surface area contributed by atoms with E-state index in [9.17, 15) is 4.39 Å². The molecule has 3 rings (SSSR count). The van der Waals surface area contributed by atoms with E-state index < -0.39 is 0 Å². The predicted octanol–water partition coefficient (Wildman–Crippen LogP) is 2.74. The summed E-state index contributed by atoms with van der Waals surface area (Å²) in [5, 5.41) is 0. The second-order valence-corrected chi connectivity index (χ2v) is 6.25. The van der Waals surface area contributed by atoms with Crippen molar-refractivity contribution >= 4 is 21.3 Å². The topological polar surface area (TPSA) is 35.0 Å². The first kappa shape index (κ1) is 14.5. The van der Waals surface area contributed by atoms with Crippen molar-refractivity contribution in [3.05, 3.63) is 35.9 Å². The van der Waals surface area contributed by atoms with Crippen LogP contribution in [0.15, 0.2) is 24.5 Å². The molecule has 0 amide bonds. The molecule has 1 aromatic carbocycles. The number of nitrogens with zero attached hydrogens (tertiary/aromatic N) is 2. The van der Waals surface area contributed by atoms with Gasteiger partial charge >= 0.3 is 132 Å². The molecule has 2 aromatic rings. The van der Waals surface area contributed by atoms with E-state index in [4.69, 9.17) is 4.74 Å². The van der Waals surface area contributed by atoms with Gasteiger partial charge in [0.2, 0.25) is 0 Å². The van der Waals surface area contributed by atoms with Crippen LogP contribution >= 0.6 is 0 Å². The summed E-state index contributed by atoms with van der Waals surface area (Å²) in [6, 6.07) is 3.77. The number of ether oxygens (including phenoxy) is 1. The second kappa shape index (κ2) is 6.15. The maximum atomic E-state index is 14.8. The van der Waals surface area contributed by atoms with Crippen LogP contribution in [0.3, 0.4) is 0 Å². The van der Waals surface area contributed by atoms with Gasteiger partial charge in [-0.05, 0) is 0 Å². The molecule has 1 aliphatic carbocycles. The van der Waals surface area contributed by atoms with Crippen LogP contribution in [0.5, 0.6) is 5.75 Å².